The Balaban J connectivity index is 2.86. The predicted molar refractivity (Wildman–Crippen MR) is 63.6 cm³/mol. The van der Waals surface area contributed by atoms with Crippen LogP contribution in [0.4, 0.5) is 0 Å². The Kier molecular flexibility index (Phi) is 4.73. The van der Waals surface area contributed by atoms with Gasteiger partial charge in [-0.2, -0.15) is 0 Å². The number of carbonyl (C=O) groups excluding carboxylic acids is 1. The van der Waals surface area contributed by atoms with Crippen LogP contribution in [0.3, 0.4) is 0 Å². The van der Waals surface area contributed by atoms with Gasteiger partial charge in [-0.1, -0.05) is 13.8 Å². The van der Waals surface area contributed by atoms with E-state index < -0.39 is 5.97 Å². The number of halogens is 1. The van der Waals surface area contributed by atoms with Crippen LogP contribution >= 0.6 is 15.9 Å². The van der Waals surface area contributed by atoms with Gasteiger partial charge >= 0.3 is 5.97 Å². The Morgan fingerprint density at radius 2 is 2.19 bits per heavy atom. The van der Waals surface area contributed by atoms with Crippen molar-refractivity contribution in [3.05, 3.63) is 22.3 Å². The number of methoxy groups -OCH3 is 1. The molecule has 0 aliphatic rings. The molecule has 1 aromatic rings. The maximum Gasteiger partial charge on any atom is 0.356 e. The van der Waals surface area contributed by atoms with E-state index in [9.17, 15) is 4.79 Å². The number of hydrogen-bond acceptors (Lipinski definition) is 4. The molecule has 1 heterocycles. The first-order chi connectivity index (χ1) is 7.54. The van der Waals surface area contributed by atoms with Gasteiger partial charge in [-0.25, -0.2) is 9.78 Å². The van der Waals surface area contributed by atoms with Crippen LogP contribution in [0.1, 0.15) is 24.3 Å². The van der Waals surface area contributed by atoms with Gasteiger partial charge in [-0.3, -0.25) is 0 Å². The van der Waals surface area contributed by atoms with Crippen molar-refractivity contribution in [1.29, 1.82) is 0 Å². The number of nitrogens with zero attached hydrogens (tertiary/aromatic N) is 1. The van der Waals surface area contributed by atoms with Crippen molar-refractivity contribution in [3.8, 4) is 5.88 Å². The molecule has 88 valence electrons. The smallest absolute Gasteiger partial charge is 0.356 e. The minimum atomic E-state index is -0.470. The third-order valence-corrected chi connectivity index (χ3v) is 2.37. The molecule has 0 saturated heterocycles. The summed E-state index contributed by atoms with van der Waals surface area (Å²) in [5.41, 5.74) is 0.240. The number of aromatic nitrogens is 1. The van der Waals surface area contributed by atoms with Crippen molar-refractivity contribution in [2.45, 2.75) is 13.8 Å². The summed E-state index contributed by atoms with van der Waals surface area (Å²) in [4.78, 5) is 15.3. The number of hydrogen-bond donors (Lipinski definition) is 0. The first-order valence-corrected chi connectivity index (χ1v) is 5.71. The quantitative estimate of drug-likeness (QED) is 0.799. The Morgan fingerprint density at radius 1 is 1.50 bits per heavy atom. The molecular weight excluding hydrogens is 274 g/mol. The monoisotopic (exact) mass is 287 g/mol. The lowest BCUT2D eigenvalue weighted by Gasteiger charge is -2.10. The van der Waals surface area contributed by atoms with E-state index in [0.29, 0.717) is 18.4 Å². The van der Waals surface area contributed by atoms with Gasteiger partial charge in [0.2, 0.25) is 5.88 Å². The van der Waals surface area contributed by atoms with Gasteiger partial charge in [-0.15, -0.1) is 0 Å². The van der Waals surface area contributed by atoms with Crippen molar-refractivity contribution in [1.82, 2.24) is 4.98 Å². The van der Waals surface area contributed by atoms with Crippen LogP contribution in [0.15, 0.2) is 16.6 Å². The SMILES string of the molecule is COC(=O)c1ccc(Br)c(OCC(C)C)n1. The summed E-state index contributed by atoms with van der Waals surface area (Å²) in [6.07, 6.45) is 0. The van der Waals surface area contributed by atoms with Crippen molar-refractivity contribution < 1.29 is 14.3 Å². The maximum absolute atomic E-state index is 11.3. The van der Waals surface area contributed by atoms with Crippen LogP contribution in [0.5, 0.6) is 5.88 Å². The van der Waals surface area contributed by atoms with Gasteiger partial charge in [0, 0.05) is 0 Å². The van der Waals surface area contributed by atoms with Crippen molar-refractivity contribution in [3.63, 3.8) is 0 Å². The topological polar surface area (TPSA) is 48.4 Å². The molecule has 0 unspecified atom stereocenters. The lowest BCUT2D eigenvalue weighted by molar-refractivity contribution is 0.0592. The molecule has 0 bridgehead atoms. The number of rotatable bonds is 4. The van der Waals surface area contributed by atoms with Crippen LogP contribution in [-0.4, -0.2) is 24.7 Å². The third kappa shape index (κ3) is 3.48. The first kappa shape index (κ1) is 13.0. The van der Waals surface area contributed by atoms with Crippen LogP contribution in [0, 0.1) is 5.92 Å². The van der Waals surface area contributed by atoms with Crippen LogP contribution in [0.2, 0.25) is 0 Å². The fourth-order valence-corrected chi connectivity index (χ4v) is 1.32. The molecule has 0 aliphatic heterocycles. The molecule has 0 N–H and O–H groups in total. The summed E-state index contributed by atoms with van der Waals surface area (Å²) in [6, 6.07) is 3.30. The molecule has 0 radical (unpaired) electrons. The van der Waals surface area contributed by atoms with Crippen LogP contribution in [-0.2, 0) is 4.74 Å². The van der Waals surface area contributed by atoms with E-state index in [4.69, 9.17) is 4.74 Å². The number of carbonyl (C=O) groups is 1. The van der Waals surface area contributed by atoms with E-state index in [0.717, 1.165) is 4.47 Å². The minimum Gasteiger partial charge on any atom is -0.477 e. The molecule has 4 nitrogen and oxygen atoms in total. The van der Waals surface area contributed by atoms with Gasteiger partial charge < -0.3 is 9.47 Å². The molecule has 0 saturated carbocycles. The second kappa shape index (κ2) is 5.84. The molecule has 0 spiro atoms. The minimum absolute atomic E-state index is 0.240. The predicted octanol–water partition coefficient (Wildman–Crippen LogP) is 2.67. The average molecular weight is 288 g/mol. The molecule has 5 heteroatoms. The molecule has 16 heavy (non-hydrogen) atoms. The molecule has 1 aromatic heterocycles. The van der Waals surface area contributed by atoms with Crippen molar-refractivity contribution >= 4 is 21.9 Å². The Bertz CT molecular complexity index is 379. The largest absolute Gasteiger partial charge is 0.477 e. The third-order valence-electron chi connectivity index (χ3n) is 1.76. The fourth-order valence-electron chi connectivity index (χ4n) is 0.989. The summed E-state index contributed by atoms with van der Waals surface area (Å²) >= 11 is 3.31. The van der Waals surface area contributed by atoms with Crippen molar-refractivity contribution in [2.75, 3.05) is 13.7 Å². The Morgan fingerprint density at radius 3 is 2.75 bits per heavy atom. The highest BCUT2D eigenvalue weighted by atomic mass is 79.9. The van der Waals surface area contributed by atoms with Gasteiger partial charge in [0.15, 0.2) is 5.69 Å². The zero-order chi connectivity index (χ0) is 12.1. The molecule has 0 atom stereocenters. The van der Waals surface area contributed by atoms with Gasteiger partial charge in [-0.05, 0) is 34.0 Å². The molecule has 0 fully saturated rings. The van der Waals surface area contributed by atoms with Gasteiger partial charge in [0.25, 0.3) is 0 Å². The first-order valence-electron chi connectivity index (χ1n) is 4.92. The summed E-state index contributed by atoms with van der Waals surface area (Å²) in [6.45, 7) is 4.63. The summed E-state index contributed by atoms with van der Waals surface area (Å²) < 4.78 is 10.8. The van der Waals surface area contributed by atoms with E-state index in [2.05, 4.69) is 25.7 Å². The van der Waals surface area contributed by atoms with Crippen molar-refractivity contribution in [2.24, 2.45) is 5.92 Å². The summed E-state index contributed by atoms with van der Waals surface area (Å²) in [5.74, 6) is 0.342. The molecular formula is C11H14BrNO3. The van der Waals surface area contributed by atoms with E-state index in [1.807, 2.05) is 13.8 Å². The highest BCUT2D eigenvalue weighted by Gasteiger charge is 2.11. The molecule has 0 amide bonds. The lowest BCUT2D eigenvalue weighted by Crippen LogP contribution is -2.09. The van der Waals surface area contributed by atoms with Crippen LogP contribution in [0.25, 0.3) is 0 Å². The number of ether oxygens (including phenoxy) is 2. The van der Waals surface area contributed by atoms with E-state index in [1.165, 1.54) is 7.11 Å². The Labute approximate surface area is 103 Å². The Hall–Kier alpha value is -1.10. The second-order valence-corrected chi connectivity index (χ2v) is 4.53. The highest BCUT2D eigenvalue weighted by molar-refractivity contribution is 9.10. The summed E-state index contributed by atoms with van der Waals surface area (Å²) in [5, 5.41) is 0. The van der Waals surface area contributed by atoms with Gasteiger partial charge in [0.05, 0.1) is 18.2 Å². The van der Waals surface area contributed by atoms with E-state index >= 15 is 0 Å². The maximum atomic E-state index is 11.3. The van der Waals surface area contributed by atoms with E-state index in [1.54, 1.807) is 12.1 Å². The lowest BCUT2D eigenvalue weighted by atomic mass is 10.2. The highest BCUT2D eigenvalue weighted by Crippen LogP contribution is 2.23. The normalized spacial score (nSPS) is 10.3. The number of esters is 1. The van der Waals surface area contributed by atoms with Gasteiger partial charge in [0.1, 0.15) is 0 Å². The average Bonchev–Trinajstić information content (AvgIpc) is 2.26. The van der Waals surface area contributed by atoms with Crippen LogP contribution < -0.4 is 4.74 Å². The summed E-state index contributed by atoms with van der Waals surface area (Å²) in [7, 11) is 1.32. The molecule has 0 aromatic carbocycles. The van der Waals surface area contributed by atoms with E-state index in [-0.39, 0.29) is 5.69 Å². The molecule has 0 aliphatic carbocycles. The fraction of sp³-hybridized carbons (Fsp3) is 0.455. The standard InChI is InChI=1S/C11H14BrNO3/c1-7(2)6-16-10-8(12)4-5-9(13-10)11(14)15-3/h4-5,7H,6H2,1-3H3. The number of pyridine rings is 1. The zero-order valence-corrected chi connectivity index (χ0v) is 11.1. The molecule has 1 rings (SSSR count). The zero-order valence-electron chi connectivity index (χ0n) is 9.49. The second-order valence-electron chi connectivity index (χ2n) is 3.68.